The molecule has 0 bridgehead atoms. The van der Waals surface area contributed by atoms with Crippen molar-refractivity contribution in [1.82, 2.24) is 0 Å². The van der Waals surface area contributed by atoms with E-state index in [0.717, 1.165) is 0 Å². The second kappa shape index (κ2) is 3.37. The number of allylic oxidation sites excluding steroid dienone is 1. The van der Waals surface area contributed by atoms with E-state index in [-0.39, 0.29) is 0 Å². The maximum atomic E-state index is 11.1. The lowest BCUT2D eigenvalue weighted by Crippen LogP contribution is -2.08. The molecule has 0 aromatic rings. The third-order valence-corrected chi connectivity index (χ3v) is 0.534. The van der Waals surface area contributed by atoms with Gasteiger partial charge in [-0.15, -0.1) is 13.2 Å². The lowest BCUT2D eigenvalue weighted by molar-refractivity contribution is -0.298. The maximum Gasteiger partial charge on any atom is 0.572 e. The highest BCUT2D eigenvalue weighted by atomic mass is 19.4. The summed E-state index contributed by atoms with van der Waals surface area (Å²) in [4.78, 5) is 0. The fourth-order valence-electron chi connectivity index (χ4n) is 0.221. The van der Waals surface area contributed by atoms with Crippen LogP contribution in [0, 0.1) is 0 Å². The third kappa shape index (κ3) is 7.33. The van der Waals surface area contributed by atoms with Crippen molar-refractivity contribution >= 4 is 0 Å². The molecule has 0 saturated heterocycles. The largest absolute Gasteiger partial charge is 0.572 e. The first-order chi connectivity index (χ1) is 4.06. The number of hydrogen-bond donors (Lipinski definition) is 0. The minimum absolute atomic E-state index is 0.538. The molecule has 0 unspecified atom stereocenters. The zero-order chi connectivity index (χ0) is 7.33. The number of ether oxygens (including phenoxy) is 1. The van der Waals surface area contributed by atoms with Crippen LogP contribution in [0.4, 0.5) is 13.2 Å². The molecule has 0 fully saturated rings. The van der Waals surface area contributed by atoms with Gasteiger partial charge in [0.25, 0.3) is 0 Å². The summed E-state index contributed by atoms with van der Waals surface area (Å²) in [5, 5.41) is 0. The molecule has 0 N–H and O–H groups in total. The van der Waals surface area contributed by atoms with E-state index in [0.29, 0.717) is 12.7 Å². The molecule has 4 heteroatoms. The van der Waals surface area contributed by atoms with Crippen LogP contribution >= 0.6 is 0 Å². The summed E-state index contributed by atoms with van der Waals surface area (Å²) in [5.41, 5.74) is 0. The molecule has 0 atom stereocenters. The molecule has 54 valence electrons. The maximum absolute atomic E-state index is 11.1. The molecular weight excluding hydrogens is 133 g/mol. The van der Waals surface area contributed by atoms with Gasteiger partial charge in [0, 0.05) is 0 Å². The van der Waals surface area contributed by atoms with Gasteiger partial charge in [0.15, 0.2) is 0 Å². The Hall–Kier alpha value is -0.670. The molecule has 1 nitrogen and oxygen atoms in total. The van der Waals surface area contributed by atoms with Crippen LogP contribution in [-0.2, 0) is 4.74 Å². The van der Waals surface area contributed by atoms with E-state index < -0.39 is 6.36 Å². The number of rotatable bonds is 2. The van der Waals surface area contributed by atoms with E-state index in [1.54, 1.807) is 6.92 Å². The third-order valence-electron chi connectivity index (χ3n) is 0.534. The van der Waals surface area contributed by atoms with Gasteiger partial charge in [-0.25, -0.2) is 0 Å². The molecule has 0 aromatic carbocycles. The minimum Gasteiger partial charge on any atom is -0.414 e. The number of hydrogen-bond acceptors (Lipinski definition) is 1. The summed E-state index contributed by atoms with van der Waals surface area (Å²) < 4.78 is 36.6. The van der Waals surface area contributed by atoms with E-state index in [1.165, 1.54) is 6.08 Å². The molecule has 9 heavy (non-hydrogen) atoms. The summed E-state index contributed by atoms with van der Waals surface area (Å²) >= 11 is 0. The van der Waals surface area contributed by atoms with Gasteiger partial charge in [-0.05, 0) is 12.5 Å². The van der Waals surface area contributed by atoms with Crippen LogP contribution in [0.25, 0.3) is 0 Å². The summed E-state index contributed by atoms with van der Waals surface area (Å²) in [6.45, 7) is 1.72. The first kappa shape index (κ1) is 8.33. The van der Waals surface area contributed by atoms with Crippen molar-refractivity contribution in [3.8, 4) is 0 Å². The molecule has 0 aliphatic rings. The lowest BCUT2D eigenvalue weighted by Gasteiger charge is -2.01. The number of alkyl halides is 3. The first-order valence-electron chi connectivity index (χ1n) is 2.46. The molecule has 0 aromatic heterocycles. The summed E-state index contributed by atoms with van der Waals surface area (Å²) in [5.74, 6) is 0. The van der Waals surface area contributed by atoms with E-state index in [1.807, 2.05) is 0 Å². The monoisotopic (exact) mass is 140 g/mol. The van der Waals surface area contributed by atoms with Crippen molar-refractivity contribution in [1.29, 1.82) is 0 Å². The second-order valence-electron chi connectivity index (χ2n) is 1.34. The quantitative estimate of drug-likeness (QED) is 0.535. The molecular formula is C5H7F3O. The van der Waals surface area contributed by atoms with Crippen LogP contribution < -0.4 is 0 Å². The molecule has 0 aliphatic heterocycles. The fourth-order valence-corrected chi connectivity index (χ4v) is 0.221. The second-order valence-corrected chi connectivity index (χ2v) is 1.34. The van der Waals surface area contributed by atoms with Gasteiger partial charge in [0.2, 0.25) is 0 Å². The van der Waals surface area contributed by atoms with Crippen LogP contribution in [0.2, 0.25) is 0 Å². The molecule has 0 spiro atoms. The van der Waals surface area contributed by atoms with Gasteiger partial charge in [0.05, 0.1) is 6.26 Å². The summed E-state index contributed by atoms with van der Waals surface area (Å²) in [7, 11) is 0. The Labute approximate surface area is 51.1 Å². The van der Waals surface area contributed by atoms with Gasteiger partial charge in [-0.3, -0.25) is 0 Å². The Balaban J connectivity index is 3.38. The van der Waals surface area contributed by atoms with Crippen molar-refractivity contribution in [3.05, 3.63) is 12.3 Å². The van der Waals surface area contributed by atoms with Crippen LogP contribution in [0.5, 0.6) is 0 Å². The Morgan fingerprint density at radius 1 is 1.44 bits per heavy atom. The van der Waals surface area contributed by atoms with Crippen LogP contribution in [0.15, 0.2) is 12.3 Å². The highest BCUT2D eigenvalue weighted by molar-refractivity contribution is 4.70. The van der Waals surface area contributed by atoms with Gasteiger partial charge in [0.1, 0.15) is 0 Å². The molecule has 0 aliphatic carbocycles. The topological polar surface area (TPSA) is 9.23 Å². The Kier molecular flexibility index (Phi) is 3.12. The molecule has 0 rings (SSSR count). The average molecular weight is 140 g/mol. The highest BCUT2D eigenvalue weighted by Crippen LogP contribution is 2.16. The lowest BCUT2D eigenvalue weighted by atomic mass is 10.5. The van der Waals surface area contributed by atoms with Crippen LogP contribution in [0.3, 0.4) is 0 Å². The molecule has 0 radical (unpaired) electrons. The van der Waals surface area contributed by atoms with Gasteiger partial charge in [-0.2, -0.15) is 0 Å². The highest BCUT2D eigenvalue weighted by Gasteiger charge is 2.28. The average Bonchev–Trinajstić information content (AvgIpc) is 1.63. The fraction of sp³-hybridized carbons (Fsp3) is 0.600. The standard InChI is InChI=1S/C5H7F3O/c1-2-3-4-9-5(6,7)8/h3-4H,2H2,1H3/b4-3+. The Morgan fingerprint density at radius 3 is 2.33 bits per heavy atom. The van der Waals surface area contributed by atoms with Crippen molar-refractivity contribution in [2.24, 2.45) is 0 Å². The summed E-state index contributed by atoms with van der Waals surface area (Å²) in [6.07, 6.45) is -2.07. The molecule has 0 amide bonds. The Bertz CT molecular complexity index is 94.9. The van der Waals surface area contributed by atoms with Crippen molar-refractivity contribution in [2.75, 3.05) is 0 Å². The Morgan fingerprint density at radius 2 is 2.00 bits per heavy atom. The number of halogens is 3. The van der Waals surface area contributed by atoms with Crippen molar-refractivity contribution in [2.45, 2.75) is 19.7 Å². The zero-order valence-corrected chi connectivity index (χ0v) is 4.90. The predicted molar refractivity (Wildman–Crippen MR) is 26.6 cm³/mol. The predicted octanol–water partition coefficient (Wildman–Crippen LogP) is 2.45. The van der Waals surface area contributed by atoms with Crippen LogP contribution in [-0.4, -0.2) is 6.36 Å². The van der Waals surface area contributed by atoms with Crippen molar-refractivity contribution < 1.29 is 17.9 Å². The van der Waals surface area contributed by atoms with E-state index in [9.17, 15) is 13.2 Å². The normalized spacial score (nSPS) is 12.4. The van der Waals surface area contributed by atoms with Crippen molar-refractivity contribution in [3.63, 3.8) is 0 Å². The SMILES string of the molecule is CC/C=C/OC(F)(F)F. The first-order valence-corrected chi connectivity index (χ1v) is 2.46. The smallest absolute Gasteiger partial charge is 0.414 e. The van der Waals surface area contributed by atoms with E-state index >= 15 is 0 Å². The van der Waals surface area contributed by atoms with Gasteiger partial charge < -0.3 is 4.74 Å². The molecule has 0 saturated carbocycles. The van der Waals surface area contributed by atoms with Gasteiger partial charge >= 0.3 is 6.36 Å². The molecule has 0 heterocycles. The van der Waals surface area contributed by atoms with E-state index in [2.05, 4.69) is 4.74 Å². The van der Waals surface area contributed by atoms with Crippen LogP contribution in [0.1, 0.15) is 13.3 Å². The minimum atomic E-state index is -4.54. The van der Waals surface area contributed by atoms with E-state index in [4.69, 9.17) is 0 Å². The summed E-state index contributed by atoms with van der Waals surface area (Å²) in [6, 6.07) is 0. The van der Waals surface area contributed by atoms with Gasteiger partial charge in [-0.1, -0.05) is 6.92 Å². The zero-order valence-electron chi connectivity index (χ0n) is 4.90.